The number of benzene rings is 1. The number of carbonyl (C=O) groups excluding carboxylic acids is 3. The van der Waals surface area contributed by atoms with Crippen LogP contribution in [0.4, 0.5) is 9.59 Å². The molecule has 1 aromatic rings. The van der Waals surface area contributed by atoms with Gasteiger partial charge in [0.25, 0.3) is 5.91 Å². The lowest BCUT2D eigenvalue weighted by atomic mass is 10.1. The predicted octanol–water partition coefficient (Wildman–Crippen LogP) is 0.793. The average molecular weight is 361 g/mol. The van der Waals surface area contributed by atoms with Crippen LogP contribution < -0.4 is 5.32 Å². The molecule has 9 heteroatoms. The minimum atomic E-state index is -1.08. The summed E-state index contributed by atoms with van der Waals surface area (Å²) in [4.78, 5) is 49.5. The van der Waals surface area contributed by atoms with Gasteiger partial charge in [-0.05, 0) is 18.4 Å². The van der Waals surface area contributed by atoms with Gasteiger partial charge in [0.15, 0.2) is 0 Å². The molecule has 1 unspecified atom stereocenters. The van der Waals surface area contributed by atoms with E-state index < -0.39 is 36.1 Å². The third-order valence-corrected chi connectivity index (χ3v) is 4.45. The van der Waals surface area contributed by atoms with Crippen LogP contribution >= 0.6 is 0 Å². The van der Waals surface area contributed by atoms with Crippen molar-refractivity contribution in [2.75, 3.05) is 13.1 Å². The Morgan fingerprint density at radius 2 is 1.96 bits per heavy atom. The molecule has 26 heavy (non-hydrogen) atoms. The molecule has 2 atom stereocenters. The number of urea groups is 1. The van der Waals surface area contributed by atoms with Crippen molar-refractivity contribution in [1.29, 1.82) is 0 Å². The number of β-lactam (4-membered cyclic amide) rings is 1. The van der Waals surface area contributed by atoms with Gasteiger partial charge in [-0.3, -0.25) is 9.69 Å². The van der Waals surface area contributed by atoms with Crippen LogP contribution in [-0.4, -0.2) is 64.1 Å². The molecule has 3 rings (SSSR count). The Morgan fingerprint density at radius 3 is 2.62 bits per heavy atom. The number of amides is 4. The summed E-state index contributed by atoms with van der Waals surface area (Å²) in [6.45, 7) is 0.377. The van der Waals surface area contributed by atoms with Gasteiger partial charge >= 0.3 is 18.1 Å². The van der Waals surface area contributed by atoms with E-state index in [1.165, 1.54) is 4.90 Å². The first-order valence-electron chi connectivity index (χ1n) is 8.29. The third kappa shape index (κ3) is 3.61. The Morgan fingerprint density at radius 1 is 1.23 bits per heavy atom. The first-order chi connectivity index (χ1) is 12.5. The molecule has 1 aromatic carbocycles. The SMILES string of the molecule is O=C(NC1CN(C(=O)N2CCC[C@@H]2C(=O)O)C1=O)OCc1ccccc1. The summed E-state index contributed by atoms with van der Waals surface area (Å²) >= 11 is 0. The Hall–Kier alpha value is -3.10. The molecule has 0 spiro atoms. The number of nitrogens with zero attached hydrogens (tertiary/aromatic N) is 2. The number of ether oxygens (including phenoxy) is 1. The van der Waals surface area contributed by atoms with Crippen molar-refractivity contribution < 1.29 is 29.0 Å². The predicted molar refractivity (Wildman–Crippen MR) is 88.0 cm³/mol. The van der Waals surface area contributed by atoms with Crippen molar-refractivity contribution in [1.82, 2.24) is 15.1 Å². The van der Waals surface area contributed by atoms with Crippen LogP contribution in [0.2, 0.25) is 0 Å². The summed E-state index contributed by atoms with van der Waals surface area (Å²) in [7, 11) is 0. The van der Waals surface area contributed by atoms with E-state index in [1.54, 1.807) is 12.1 Å². The Kier molecular flexibility index (Phi) is 5.06. The van der Waals surface area contributed by atoms with Gasteiger partial charge in [-0.25, -0.2) is 14.4 Å². The maximum Gasteiger partial charge on any atom is 0.408 e. The zero-order valence-corrected chi connectivity index (χ0v) is 14.0. The van der Waals surface area contributed by atoms with E-state index >= 15 is 0 Å². The highest BCUT2D eigenvalue weighted by molar-refractivity contribution is 6.04. The van der Waals surface area contributed by atoms with Gasteiger partial charge in [0.05, 0.1) is 6.54 Å². The van der Waals surface area contributed by atoms with E-state index in [9.17, 15) is 19.2 Å². The molecule has 2 heterocycles. The molecule has 2 saturated heterocycles. The monoisotopic (exact) mass is 361 g/mol. The molecule has 4 amide bonds. The van der Waals surface area contributed by atoms with Gasteiger partial charge in [-0.1, -0.05) is 30.3 Å². The number of aliphatic carboxylic acids is 1. The summed E-state index contributed by atoms with van der Waals surface area (Å²) in [5, 5.41) is 11.5. The van der Waals surface area contributed by atoms with Gasteiger partial charge in [-0.15, -0.1) is 0 Å². The fourth-order valence-electron chi connectivity index (χ4n) is 3.02. The van der Waals surface area contributed by atoms with Crippen LogP contribution in [0.25, 0.3) is 0 Å². The molecular weight excluding hydrogens is 342 g/mol. The van der Waals surface area contributed by atoms with Crippen molar-refractivity contribution in [2.45, 2.75) is 31.5 Å². The summed E-state index contributed by atoms with van der Waals surface area (Å²) in [5.41, 5.74) is 0.813. The van der Waals surface area contributed by atoms with Crippen LogP contribution in [0.5, 0.6) is 0 Å². The molecule has 9 nitrogen and oxygen atoms in total. The summed E-state index contributed by atoms with van der Waals surface area (Å²) < 4.78 is 5.03. The highest BCUT2D eigenvalue weighted by Gasteiger charge is 2.46. The van der Waals surface area contributed by atoms with Crippen molar-refractivity contribution in [3.05, 3.63) is 35.9 Å². The maximum atomic E-state index is 12.3. The second-order valence-electron chi connectivity index (χ2n) is 6.18. The van der Waals surface area contributed by atoms with E-state index in [0.717, 1.165) is 10.5 Å². The summed E-state index contributed by atoms with van der Waals surface area (Å²) in [6, 6.07) is 6.71. The zero-order valence-electron chi connectivity index (χ0n) is 14.0. The van der Waals surface area contributed by atoms with Gasteiger partial charge in [0.1, 0.15) is 18.7 Å². The van der Waals surface area contributed by atoms with Crippen LogP contribution in [0.3, 0.4) is 0 Å². The third-order valence-electron chi connectivity index (χ3n) is 4.45. The van der Waals surface area contributed by atoms with E-state index in [4.69, 9.17) is 9.84 Å². The van der Waals surface area contributed by atoms with E-state index in [1.807, 2.05) is 18.2 Å². The lowest BCUT2D eigenvalue weighted by Gasteiger charge is -2.39. The Labute approximate surface area is 149 Å². The molecule has 2 aliphatic heterocycles. The highest BCUT2D eigenvalue weighted by Crippen LogP contribution is 2.22. The van der Waals surface area contributed by atoms with Crippen LogP contribution in [0, 0.1) is 0 Å². The van der Waals surface area contributed by atoms with Gasteiger partial charge in [0.2, 0.25) is 0 Å². The van der Waals surface area contributed by atoms with Crippen molar-refractivity contribution in [3.8, 4) is 0 Å². The fraction of sp³-hybridized carbons (Fsp3) is 0.412. The van der Waals surface area contributed by atoms with E-state index in [0.29, 0.717) is 19.4 Å². The first kappa shape index (κ1) is 17.7. The number of imide groups is 1. The van der Waals surface area contributed by atoms with Gasteiger partial charge in [0, 0.05) is 6.54 Å². The number of nitrogens with one attached hydrogen (secondary N) is 1. The van der Waals surface area contributed by atoms with Gasteiger partial charge < -0.3 is 20.1 Å². The fourth-order valence-corrected chi connectivity index (χ4v) is 3.02. The number of hydrogen-bond donors (Lipinski definition) is 2. The van der Waals surface area contributed by atoms with E-state index in [2.05, 4.69) is 5.32 Å². The average Bonchev–Trinajstić information content (AvgIpc) is 3.13. The summed E-state index contributed by atoms with van der Waals surface area (Å²) in [5.74, 6) is -1.65. The summed E-state index contributed by atoms with van der Waals surface area (Å²) in [6.07, 6.45) is 0.207. The lowest BCUT2D eigenvalue weighted by Crippen LogP contribution is -2.68. The molecule has 2 fully saturated rings. The van der Waals surface area contributed by atoms with E-state index in [-0.39, 0.29) is 13.2 Å². The molecule has 2 N–H and O–H groups in total. The van der Waals surface area contributed by atoms with Gasteiger partial charge in [-0.2, -0.15) is 0 Å². The van der Waals surface area contributed by atoms with Crippen molar-refractivity contribution in [3.63, 3.8) is 0 Å². The molecule has 138 valence electrons. The van der Waals surface area contributed by atoms with Crippen LogP contribution in [0.1, 0.15) is 18.4 Å². The standard InChI is InChI=1S/C17H19N3O6/c21-14-12(18-16(24)26-10-11-5-2-1-3-6-11)9-20(14)17(25)19-8-4-7-13(19)15(22)23/h1-3,5-6,12-13H,4,7-10H2,(H,18,24)(H,22,23)/t12?,13-/m1/s1. The van der Waals surface area contributed by atoms with Crippen molar-refractivity contribution in [2.24, 2.45) is 0 Å². The molecule has 0 radical (unpaired) electrons. The Balaban J connectivity index is 1.47. The molecule has 0 aromatic heterocycles. The smallest absolute Gasteiger partial charge is 0.408 e. The lowest BCUT2D eigenvalue weighted by molar-refractivity contribution is -0.144. The normalized spacial score (nSPS) is 21.9. The Bertz CT molecular complexity index is 722. The van der Waals surface area contributed by atoms with Crippen molar-refractivity contribution >= 4 is 24.0 Å². The second-order valence-corrected chi connectivity index (χ2v) is 6.18. The maximum absolute atomic E-state index is 12.3. The number of carboxylic acids is 1. The number of rotatable bonds is 4. The topological polar surface area (TPSA) is 116 Å². The molecule has 0 saturated carbocycles. The number of carboxylic acid groups (broad SMARTS) is 1. The number of hydrogen-bond acceptors (Lipinski definition) is 5. The largest absolute Gasteiger partial charge is 0.480 e. The number of alkyl carbamates (subject to hydrolysis) is 1. The van der Waals surface area contributed by atoms with Crippen LogP contribution in [-0.2, 0) is 20.9 Å². The first-order valence-corrected chi connectivity index (χ1v) is 8.29. The second kappa shape index (κ2) is 7.42. The highest BCUT2D eigenvalue weighted by atomic mass is 16.5. The molecule has 0 aliphatic carbocycles. The minimum Gasteiger partial charge on any atom is -0.480 e. The number of carbonyl (C=O) groups is 4. The molecule has 0 bridgehead atoms. The molecular formula is C17H19N3O6. The minimum absolute atomic E-state index is 0.000935. The zero-order chi connectivity index (χ0) is 18.7. The molecule has 2 aliphatic rings. The quantitative estimate of drug-likeness (QED) is 0.766. The van der Waals surface area contributed by atoms with Crippen LogP contribution in [0.15, 0.2) is 30.3 Å². The number of likely N-dealkylation sites (tertiary alicyclic amines) is 2.